The van der Waals surface area contributed by atoms with Gasteiger partial charge in [-0.3, -0.25) is 19.6 Å². The number of likely N-dealkylation sites (tertiary alicyclic amines) is 2. The molecule has 1 spiro atoms. The zero-order chi connectivity index (χ0) is 18.7. The number of rotatable bonds is 3. The van der Waals surface area contributed by atoms with E-state index in [-0.39, 0.29) is 17.2 Å². The third-order valence-electron chi connectivity index (χ3n) is 5.73. The van der Waals surface area contributed by atoms with Crippen LogP contribution in [0.2, 0.25) is 0 Å². The largest absolute Gasteiger partial charge is 0.342 e. The lowest BCUT2D eigenvalue weighted by Gasteiger charge is -2.40. The van der Waals surface area contributed by atoms with E-state index in [1.807, 2.05) is 28.0 Å². The molecule has 27 heavy (non-hydrogen) atoms. The Kier molecular flexibility index (Phi) is 4.88. The van der Waals surface area contributed by atoms with Crippen LogP contribution in [0.4, 0.5) is 0 Å². The highest BCUT2D eigenvalue weighted by molar-refractivity contribution is 5.94. The summed E-state index contributed by atoms with van der Waals surface area (Å²) < 4.78 is 0. The Morgan fingerprint density at radius 2 is 1.74 bits per heavy atom. The predicted octanol–water partition coefficient (Wildman–Crippen LogP) is 2.17. The maximum atomic E-state index is 12.8. The van der Waals surface area contributed by atoms with Crippen molar-refractivity contribution < 1.29 is 9.59 Å². The quantitative estimate of drug-likeness (QED) is 0.837. The normalized spacial score (nSPS) is 22.2. The molecule has 6 nitrogen and oxygen atoms in total. The van der Waals surface area contributed by atoms with E-state index in [1.54, 1.807) is 30.9 Å². The zero-order valence-electron chi connectivity index (χ0n) is 15.4. The lowest BCUT2D eigenvalue weighted by molar-refractivity contribution is -0.133. The minimum absolute atomic E-state index is 0.0285. The zero-order valence-corrected chi connectivity index (χ0v) is 15.4. The first-order valence-corrected chi connectivity index (χ1v) is 9.51. The summed E-state index contributed by atoms with van der Waals surface area (Å²) in [7, 11) is 0. The van der Waals surface area contributed by atoms with Crippen LogP contribution in [0.3, 0.4) is 0 Å². The van der Waals surface area contributed by atoms with Crippen molar-refractivity contribution in [3.05, 3.63) is 60.2 Å². The van der Waals surface area contributed by atoms with E-state index in [4.69, 9.17) is 0 Å². The molecule has 2 aliphatic rings. The highest BCUT2D eigenvalue weighted by Crippen LogP contribution is 2.39. The number of hydrogen-bond donors (Lipinski definition) is 0. The van der Waals surface area contributed by atoms with Gasteiger partial charge in [-0.1, -0.05) is 6.07 Å². The average molecular weight is 364 g/mol. The van der Waals surface area contributed by atoms with Crippen LogP contribution in [0.1, 0.15) is 35.2 Å². The van der Waals surface area contributed by atoms with Crippen LogP contribution in [0.25, 0.3) is 0 Å². The first-order chi connectivity index (χ1) is 13.2. The van der Waals surface area contributed by atoms with Crippen LogP contribution in [-0.4, -0.2) is 57.8 Å². The molecule has 2 saturated heterocycles. The molecule has 4 rings (SSSR count). The molecular formula is C21H24N4O2. The number of carbonyl (C=O) groups excluding carboxylic acids is 2. The summed E-state index contributed by atoms with van der Waals surface area (Å²) >= 11 is 0. The number of carbonyl (C=O) groups is 2. The Bertz CT molecular complexity index is 811. The van der Waals surface area contributed by atoms with Crippen molar-refractivity contribution in [3.63, 3.8) is 0 Å². The summed E-state index contributed by atoms with van der Waals surface area (Å²) in [5.74, 6) is 0.192. The molecule has 0 bridgehead atoms. The van der Waals surface area contributed by atoms with E-state index in [9.17, 15) is 9.59 Å². The van der Waals surface area contributed by atoms with Crippen molar-refractivity contribution >= 4 is 11.8 Å². The minimum Gasteiger partial charge on any atom is -0.342 e. The molecule has 0 aliphatic carbocycles. The maximum absolute atomic E-state index is 12.8. The van der Waals surface area contributed by atoms with Gasteiger partial charge in [0.2, 0.25) is 5.91 Å². The van der Waals surface area contributed by atoms with Gasteiger partial charge in [-0.15, -0.1) is 0 Å². The van der Waals surface area contributed by atoms with E-state index in [2.05, 4.69) is 9.97 Å². The van der Waals surface area contributed by atoms with Crippen molar-refractivity contribution in [2.24, 2.45) is 5.41 Å². The highest BCUT2D eigenvalue weighted by atomic mass is 16.2. The number of aromatic nitrogens is 2. The molecule has 1 atom stereocenters. The summed E-state index contributed by atoms with van der Waals surface area (Å²) in [6.45, 7) is 3.01. The van der Waals surface area contributed by atoms with E-state index in [1.165, 1.54) is 0 Å². The molecule has 2 aliphatic heterocycles. The van der Waals surface area contributed by atoms with Gasteiger partial charge in [0.05, 0.1) is 12.0 Å². The molecule has 0 radical (unpaired) electrons. The maximum Gasteiger partial charge on any atom is 0.255 e. The number of nitrogens with zero attached hydrogens (tertiary/aromatic N) is 4. The van der Waals surface area contributed by atoms with Crippen LogP contribution < -0.4 is 0 Å². The van der Waals surface area contributed by atoms with Gasteiger partial charge in [-0.05, 0) is 43.0 Å². The highest BCUT2D eigenvalue weighted by Gasteiger charge is 2.43. The second-order valence-corrected chi connectivity index (χ2v) is 7.68. The van der Waals surface area contributed by atoms with Gasteiger partial charge in [0.1, 0.15) is 0 Å². The first kappa shape index (κ1) is 17.6. The summed E-state index contributed by atoms with van der Waals surface area (Å²) in [5, 5.41) is 0. The Hall–Kier alpha value is -2.76. The summed E-state index contributed by atoms with van der Waals surface area (Å²) in [6, 6.07) is 7.40. The van der Waals surface area contributed by atoms with E-state index >= 15 is 0 Å². The number of piperidine rings is 1. The molecule has 2 fully saturated rings. The molecule has 0 unspecified atom stereocenters. The lowest BCUT2D eigenvalue weighted by Crippen LogP contribution is -2.48. The molecule has 6 heteroatoms. The smallest absolute Gasteiger partial charge is 0.255 e. The molecule has 2 aromatic heterocycles. The predicted molar refractivity (Wildman–Crippen MR) is 101 cm³/mol. The second kappa shape index (κ2) is 7.47. The van der Waals surface area contributed by atoms with Crippen LogP contribution >= 0.6 is 0 Å². The van der Waals surface area contributed by atoms with Gasteiger partial charge in [0, 0.05) is 56.4 Å². The third-order valence-corrected chi connectivity index (χ3v) is 5.73. The van der Waals surface area contributed by atoms with Gasteiger partial charge in [0.25, 0.3) is 5.91 Å². The van der Waals surface area contributed by atoms with Gasteiger partial charge in [-0.2, -0.15) is 0 Å². The first-order valence-electron chi connectivity index (χ1n) is 9.51. The van der Waals surface area contributed by atoms with Crippen LogP contribution in [0.5, 0.6) is 0 Å². The van der Waals surface area contributed by atoms with Gasteiger partial charge >= 0.3 is 0 Å². The van der Waals surface area contributed by atoms with Crippen molar-refractivity contribution in [2.45, 2.75) is 25.7 Å². The van der Waals surface area contributed by atoms with Gasteiger partial charge in [0.15, 0.2) is 0 Å². The van der Waals surface area contributed by atoms with Crippen molar-refractivity contribution in [2.75, 3.05) is 26.2 Å². The Balaban J connectivity index is 1.40. The molecule has 4 heterocycles. The SMILES string of the molecule is O=C(Cc1cccnc1)N1CCC[C@]2(CCN(C(=O)c3cccnc3)C2)C1. The lowest BCUT2D eigenvalue weighted by atomic mass is 9.79. The average Bonchev–Trinajstić information content (AvgIpc) is 3.12. The fourth-order valence-electron chi connectivity index (χ4n) is 4.32. The van der Waals surface area contributed by atoms with Crippen molar-refractivity contribution in [3.8, 4) is 0 Å². The van der Waals surface area contributed by atoms with Crippen molar-refractivity contribution in [1.29, 1.82) is 0 Å². The van der Waals surface area contributed by atoms with Crippen LogP contribution in [0.15, 0.2) is 49.1 Å². The van der Waals surface area contributed by atoms with Gasteiger partial charge in [-0.25, -0.2) is 0 Å². The van der Waals surface area contributed by atoms with E-state index in [0.29, 0.717) is 12.0 Å². The molecule has 0 saturated carbocycles. The van der Waals surface area contributed by atoms with Crippen LogP contribution in [0, 0.1) is 5.41 Å². The molecular weight excluding hydrogens is 340 g/mol. The number of hydrogen-bond acceptors (Lipinski definition) is 4. The Labute approximate surface area is 159 Å². The molecule has 0 N–H and O–H groups in total. The monoisotopic (exact) mass is 364 g/mol. The van der Waals surface area contributed by atoms with Crippen LogP contribution in [-0.2, 0) is 11.2 Å². The standard InChI is InChI=1S/C21H24N4O2/c26-19(12-17-4-1-8-22-13-17)24-10-3-6-21(15-24)7-11-25(16-21)20(27)18-5-2-9-23-14-18/h1-2,4-5,8-9,13-14H,3,6-7,10-12,15-16H2/t21-/m0/s1. The number of pyridine rings is 2. The molecule has 140 valence electrons. The third kappa shape index (κ3) is 3.84. The fraction of sp³-hybridized carbons (Fsp3) is 0.429. The molecule has 2 amide bonds. The second-order valence-electron chi connectivity index (χ2n) is 7.68. The topological polar surface area (TPSA) is 66.4 Å². The van der Waals surface area contributed by atoms with Gasteiger partial charge < -0.3 is 9.80 Å². The molecule has 0 aromatic carbocycles. The summed E-state index contributed by atoms with van der Waals surface area (Å²) in [5.41, 5.74) is 1.61. The van der Waals surface area contributed by atoms with E-state index in [0.717, 1.165) is 51.0 Å². The summed E-state index contributed by atoms with van der Waals surface area (Å²) in [4.78, 5) is 37.5. The molecule has 2 aromatic rings. The number of amides is 2. The van der Waals surface area contributed by atoms with Crippen molar-refractivity contribution in [1.82, 2.24) is 19.8 Å². The fourth-order valence-corrected chi connectivity index (χ4v) is 4.32. The Morgan fingerprint density at radius 1 is 0.963 bits per heavy atom. The van der Waals surface area contributed by atoms with E-state index < -0.39 is 0 Å². The summed E-state index contributed by atoms with van der Waals surface area (Å²) in [6.07, 6.45) is 10.2. The minimum atomic E-state index is 0.0285. The Morgan fingerprint density at radius 3 is 2.48 bits per heavy atom.